The maximum atomic E-state index is 13.6. The summed E-state index contributed by atoms with van der Waals surface area (Å²) < 4.78 is 13.6. The lowest BCUT2D eigenvalue weighted by atomic mass is 10.1. The third-order valence-corrected chi connectivity index (χ3v) is 3.43. The van der Waals surface area contributed by atoms with Crippen molar-refractivity contribution in [1.29, 1.82) is 0 Å². The Hall–Kier alpha value is -1.98. The van der Waals surface area contributed by atoms with E-state index in [9.17, 15) is 14.5 Å². The van der Waals surface area contributed by atoms with Crippen molar-refractivity contribution in [2.75, 3.05) is 7.05 Å². The van der Waals surface area contributed by atoms with Gasteiger partial charge in [-0.1, -0.05) is 35.9 Å². The molecular weight excluding hydrogens is 295 g/mol. The molecule has 0 atom stereocenters. The number of hydrogen-bond donors (Lipinski definition) is 0. The molecule has 2 aromatic carbocycles. The molecule has 2 rings (SSSR count). The Labute approximate surface area is 126 Å². The molecule has 0 fully saturated rings. The van der Waals surface area contributed by atoms with E-state index < -0.39 is 16.4 Å². The van der Waals surface area contributed by atoms with E-state index in [0.717, 1.165) is 5.56 Å². The smallest absolute Gasteiger partial charge is 0.298 e. The molecule has 0 spiro atoms. The summed E-state index contributed by atoms with van der Waals surface area (Å²) in [6.45, 7) is 1.08. The zero-order chi connectivity index (χ0) is 15.4. The van der Waals surface area contributed by atoms with E-state index in [2.05, 4.69) is 0 Å². The molecule has 0 unspecified atom stereocenters. The summed E-state index contributed by atoms with van der Waals surface area (Å²) in [7, 11) is 1.88. The van der Waals surface area contributed by atoms with Gasteiger partial charge >= 0.3 is 5.69 Å². The molecule has 0 bridgehead atoms. The maximum absolute atomic E-state index is 13.6. The van der Waals surface area contributed by atoms with Gasteiger partial charge < -0.3 is 0 Å². The molecule has 0 heterocycles. The number of benzene rings is 2. The normalized spacial score (nSPS) is 10.9. The number of nitrogens with zero attached hydrogens (tertiary/aromatic N) is 2. The minimum Gasteiger partial charge on any atom is -0.298 e. The van der Waals surface area contributed by atoms with Crippen LogP contribution < -0.4 is 0 Å². The van der Waals surface area contributed by atoms with E-state index in [1.54, 1.807) is 6.07 Å². The highest BCUT2D eigenvalue weighted by molar-refractivity contribution is 6.31. The topological polar surface area (TPSA) is 46.4 Å². The SMILES string of the molecule is CN(Cc1ccc([N+](=O)[O-])c(F)c1)Cc1ccccc1Cl. The first kappa shape index (κ1) is 15.4. The van der Waals surface area contributed by atoms with Crippen molar-refractivity contribution in [1.82, 2.24) is 4.90 Å². The van der Waals surface area contributed by atoms with E-state index in [-0.39, 0.29) is 0 Å². The highest BCUT2D eigenvalue weighted by atomic mass is 35.5. The lowest BCUT2D eigenvalue weighted by molar-refractivity contribution is -0.387. The van der Waals surface area contributed by atoms with Crippen LogP contribution >= 0.6 is 11.6 Å². The molecule has 110 valence electrons. The third-order valence-electron chi connectivity index (χ3n) is 3.06. The summed E-state index contributed by atoms with van der Waals surface area (Å²) in [6, 6.07) is 11.4. The molecule has 0 N–H and O–H groups in total. The fourth-order valence-electron chi connectivity index (χ4n) is 2.08. The molecule has 0 saturated heterocycles. The average Bonchev–Trinajstić information content (AvgIpc) is 2.41. The van der Waals surface area contributed by atoms with Crippen LogP contribution in [0.25, 0.3) is 0 Å². The quantitative estimate of drug-likeness (QED) is 0.619. The second kappa shape index (κ2) is 6.65. The summed E-state index contributed by atoms with van der Waals surface area (Å²) in [5.74, 6) is -0.816. The van der Waals surface area contributed by atoms with Crippen LogP contribution in [0.3, 0.4) is 0 Å². The molecule has 0 aliphatic heterocycles. The van der Waals surface area contributed by atoms with Gasteiger partial charge in [-0.25, -0.2) is 0 Å². The Kier molecular flexibility index (Phi) is 4.88. The molecule has 6 heteroatoms. The Morgan fingerprint density at radius 3 is 2.57 bits per heavy atom. The first-order valence-corrected chi connectivity index (χ1v) is 6.70. The molecule has 0 aromatic heterocycles. The minimum atomic E-state index is -0.816. The van der Waals surface area contributed by atoms with E-state index in [0.29, 0.717) is 23.7 Å². The van der Waals surface area contributed by atoms with Gasteiger partial charge in [0.1, 0.15) is 0 Å². The fraction of sp³-hybridized carbons (Fsp3) is 0.200. The van der Waals surface area contributed by atoms with Crippen LogP contribution in [0.15, 0.2) is 42.5 Å². The van der Waals surface area contributed by atoms with Crippen LogP contribution in [0.4, 0.5) is 10.1 Å². The Bertz CT molecular complexity index is 664. The molecule has 0 radical (unpaired) electrons. The maximum Gasteiger partial charge on any atom is 0.304 e. The minimum absolute atomic E-state index is 0.472. The van der Waals surface area contributed by atoms with Gasteiger partial charge in [-0.05, 0) is 30.3 Å². The summed E-state index contributed by atoms with van der Waals surface area (Å²) >= 11 is 6.09. The van der Waals surface area contributed by atoms with Gasteiger partial charge in [-0.15, -0.1) is 0 Å². The lowest BCUT2D eigenvalue weighted by Gasteiger charge is -2.17. The molecule has 0 saturated carbocycles. The highest BCUT2D eigenvalue weighted by Crippen LogP contribution is 2.20. The van der Waals surface area contributed by atoms with Crippen molar-refractivity contribution in [3.05, 3.63) is 74.5 Å². The van der Waals surface area contributed by atoms with E-state index in [1.807, 2.05) is 36.2 Å². The van der Waals surface area contributed by atoms with Gasteiger partial charge in [-0.3, -0.25) is 15.0 Å². The van der Waals surface area contributed by atoms with Crippen LogP contribution in [0.2, 0.25) is 5.02 Å². The van der Waals surface area contributed by atoms with Crippen LogP contribution in [-0.2, 0) is 13.1 Å². The van der Waals surface area contributed by atoms with Crippen LogP contribution in [0, 0.1) is 15.9 Å². The van der Waals surface area contributed by atoms with Crippen molar-refractivity contribution in [2.45, 2.75) is 13.1 Å². The standard InChI is InChI=1S/C15H14ClFN2O2/c1-18(10-12-4-2-3-5-13(12)16)9-11-6-7-15(19(20)21)14(17)8-11/h2-8H,9-10H2,1H3. The lowest BCUT2D eigenvalue weighted by Crippen LogP contribution is -2.17. The molecule has 0 aliphatic carbocycles. The second-order valence-electron chi connectivity index (χ2n) is 4.81. The number of nitro groups is 1. The Morgan fingerprint density at radius 1 is 1.24 bits per heavy atom. The molecule has 0 aliphatic rings. The first-order valence-electron chi connectivity index (χ1n) is 6.32. The van der Waals surface area contributed by atoms with Crippen molar-refractivity contribution < 1.29 is 9.31 Å². The van der Waals surface area contributed by atoms with Crippen molar-refractivity contribution in [3.63, 3.8) is 0 Å². The van der Waals surface area contributed by atoms with Gasteiger partial charge in [0.05, 0.1) is 4.92 Å². The van der Waals surface area contributed by atoms with Crippen LogP contribution in [0.5, 0.6) is 0 Å². The summed E-state index contributed by atoms with van der Waals surface area (Å²) in [5.41, 5.74) is 1.14. The zero-order valence-corrected chi connectivity index (χ0v) is 12.2. The number of halogens is 2. The van der Waals surface area contributed by atoms with Crippen molar-refractivity contribution in [3.8, 4) is 0 Å². The summed E-state index contributed by atoms with van der Waals surface area (Å²) in [4.78, 5) is 11.8. The predicted molar refractivity (Wildman–Crippen MR) is 79.7 cm³/mol. The van der Waals surface area contributed by atoms with Crippen molar-refractivity contribution >= 4 is 17.3 Å². The summed E-state index contributed by atoms with van der Waals surface area (Å²) in [6.07, 6.45) is 0. The molecule has 2 aromatic rings. The average molecular weight is 309 g/mol. The van der Waals surface area contributed by atoms with E-state index in [1.165, 1.54) is 12.1 Å². The largest absolute Gasteiger partial charge is 0.304 e. The number of hydrogen-bond acceptors (Lipinski definition) is 3. The predicted octanol–water partition coefficient (Wildman–Crippen LogP) is 4.02. The third kappa shape index (κ3) is 4.00. The van der Waals surface area contributed by atoms with Crippen molar-refractivity contribution in [2.24, 2.45) is 0 Å². The Morgan fingerprint density at radius 2 is 1.95 bits per heavy atom. The van der Waals surface area contributed by atoms with Gasteiger partial charge in [0.25, 0.3) is 0 Å². The molecule has 0 amide bonds. The van der Waals surface area contributed by atoms with Gasteiger partial charge in [0, 0.05) is 24.2 Å². The number of nitro benzene ring substituents is 1. The second-order valence-corrected chi connectivity index (χ2v) is 5.21. The Balaban J connectivity index is 2.06. The van der Waals surface area contributed by atoms with Gasteiger partial charge in [0.2, 0.25) is 5.82 Å². The van der Waals surface area contributed by atoms with Crippen LogP contribution in [-0.4, -0.2) is 16.9 Å². The number of rotatable bonds is 5. The molecule has 4 nitrogen and oxygen atoms in total. The fourth-order valence-corrected chi connectivity index (χ4v) is 2.28. The molecular formula is C15H14ClFN2O2. The first-order chi connectivity index (χ1) is 9.97. The van der Waals surface area contributed by atoms with Crippen LogP contribution in [0.1, 0.15) is 11.1 Å². The summed E-state index contributed by atoms with van der Waals surface area (Å²) in [5, 5.41) is 11.3. The molecule has 21 heavy (non-hydrogen) atoms. The monoisotopic (exact) mass is 308 g/mol. The van der Waals surface area contributed by atoms with E-state index in [4.69, 9.17) is 11.6 Å². The van der Waals surface area contributed by atoms with Gasteiger partial charge in [0.15, 0.2) is 0 Å². The highest BCUT2D eigenvalue weighted by Gasteiger charge is 2.14. The zero-order valence-electron chi connectivity index (χ0n) is 11.4. The van der Waals surface area contributed by atoms with Gasteiger partial charge in [-0.2, -0.15) is 4.39 Å². The van der Waals surface area contributed by atoms with E-state index >= 15 is 0 Å².